The number of hydrogen-bond donors (Lipinski definition) is 2. The first-order valence-corrected chi connectivity index (χ1v) is 11.3. The number of amides is 2. The van der Waals surface area contributed by atoms with Crippen molar-refractivity contribution >= 4 is 34.4 Å². The molecule has 2 atom stereocenters. The quantitative estimate of drug-likeness (QED) is 0.422. The van der Waals surface area contributed by atoms with Crippen LogP contribution >= 0.6 is 11.6 Å². The zero-order chi connectivity index (χ0) is 23.6. The highest BCUT2D eigenvalue weighted by Crippen LogP contribution is 2.43. The van der Waals surface area contributed by atoms with Gasteiger partial charge in [0, 0.05) is 24.6 Å². The zero-order valence-electron chi connectivity index (χ0n) is 18.1. The van der Waals surface area contributed by atoms with Crippen LogP contribution in [0, 0.1) is 12.7 Å². The number of carbonyl (C=O) groups excluding carboxylic acids is 1. The molecule has 8 nitrogen and oxygen atoms in total. The Bertz CT molecular complexity index is 1530. The smallest absolute Gasteiger partial charge is 0.322 e. The van der Waals surface area contributed by atoms with Crippen molar-refractivity contribution in [3.63, 3.8) is 0 Å². The number of H-pyrrole nitrogens is 1. The molecule has 0 unspecified atom stereocenters. The Hall–Kier alpha value is -3.72. The van der Waals surface area contributed by atoms with E-state index in [0.29, 0.717) is 45.3 Å². The Morgan fingerprint density at radius 1 is 1.26 bits per heavy atom. The van der Waals surface area contributed by atoms with Crippen molar-refractivity contribution in [2.75, 3.05) is 5.32 Å². The van der Waals surface area contributed by atoms with Gasteiger partial charge < -0.3 is 14.6 Å². The number of aromatic amines is 1. The molecule has 6 rings (SSSR count). The molecule has 0 spiro atoms. The SMILES string of the molecule is Cc1nc2ccc(-c3cc(F)c(NC(=O)N4[C@H]5CC[C@@H]4c4n[nH]c(=O)cc4C5)cc3Cl)cc2o1. The Kier molecular flexibility index (Phi) is 4.70. The molecule has 2 amide bonds. The number of oxazole rings is 1. The molecule has 4 aromatic rings. The van der Waals surface area contributed by atoms with Gasteiger partial charge in [-0.15, -0.1) is 0 Å². The maximum absolute atomic E-state index is 15.1. The monoisotopic (exact) mass is 479 g/mol. The first-order valence-electron chi connectivity index (χ1n) is 10.9. The minimum absolute atomic E-state index is 0.00466. The van der Waals surface area contributed by atoms with Crippen LogP contribution in [-0.4, -0.2) is 32.2 Å². The molecule has 0 aliphatic carbocycles. The Morgan fingerprint density at radius 3 is 2.97 bits per heavy atom. The van der Waals surface area contributed by atoms with E-state index in [0.717, 1.165) is 18.4 Å². The third-order valence-corrected chi connectivity index (χ3v) is 6.85. The van der Waals surface area contributed by atoms with Crippen molar-refractivity contribution in [1.29, 1.82) is 0 Å². The number of carbonyl (C=O) groups is 1. The lowest BCUT2D eigenvalue weighted by molar-refractivity contribution is 0.177. The van der Waals surface area contributed by atoms with Gasteiger partial charge >= 0.3 is 6.03 Å². The summed E-state index contributed by atoms with van der Waals surface area (Å²) >= 11 is 6.49. The number of urea groups is 1. The van der Waals surface area contributed by atoms with E-state index in [4.69, 9.17) is 16.0 Å². The molecule has 4 heterocycles. The van der Waals surface area contributed by atoms with Crippen molar-refractivity contribution in [2.24, 2.45) is 0 Å². The molecular formula is C24H19ClFN5O3. The average molecular weight is 480 g/mol. The molecular weight excluding hydrogens is 461 g/mol. The largest absolute Gasteiger partial charge is 0.441 e. The van der Waals surface area contributed by atoms with Crippen molar-refractivity contribution in [3.05, 3.63) is 74.7 Å². The lowest BCUT2D eigenvalue weighted by atomic mass is 9.99. The first kappa shape index (κ1) is 20.9. The maximum Gasteiger partial charge on any atom is 0.322 e. The minimum Gasteiger partial charge on any atom is -0.441 e. The van der Waals surface area contributed by atoms with Crippen molar-refractivity contribution in [3.8, 4) is 11.1 Å². The van der Waals surface area contributed by atoms with Crippen LogP contribution in [0.1, 0.15) is 36.0 Å². The summed E-state index contributed by atoms with van der Waals surface area (Å²) in [6.45, 7) is 1.76. The molecule has 1 fully saturated rings. The van der Waals surface area contributed by atoms with Gasteiger partial charge in [-0.2, -0.15) is 5.10 Å². The van der Waals surface area contributed by atoms with E-state index in [1.165, 1.54) is 12.1 Å². The number of fused-ring (bicyclic) bond motifs is 5. The fourth-order valence-corrected chi connectivity index (χ4v) is 5.34. The molecule has 2 aliphatic heterocycles. The number of nitrogens with one attached hydrogen (secondary N) is 2. The summed E-state index contributed by atoms with van der Waals surface area (Å²) < 4.78 is 20.6. The Labute approximate surface area is 197 Å². The predicted molar refractivity (Wildman–Crippen MR) is 124 cm³/mol. The van der Waals surface area contributed by atoms with Gasteiger partial charge in [0.2, 0.25) is 0 Å². The second-order valence-electron chi connectivity index (χ2n) is 8.66. The third kappa shape index (κ3) is 3.35. The van der Waals surface area contributed by atoms with Crippen molar-refractivity contribution < 1.29 is 13.6 Å². The van der Waals surface area contributed by atoms with Gasteiger partial charge in [-0.3, -0.25) is 4.79 Å². The number of hydrogen-bond acceptors (Lipinski definition) is 5. The highest BCUT2D eigenvalue weighted by atomic mass is 35.5. The van der Waals surface area contributed by atoms with Gasteiger partial charge in [-0.05, 0) is 54.7 Å². The first-order chi connectivity index (χ1) is 16.4. The molecule has 2 bridgehead atoms. The number of rotatable bonds is 2. The third-order valence-electron chi connectivity index (χ3n) is 6.53. The number of halogens is 2. The molecule has 2 aliphatic rings. The summed E-state index contributed by atoms with van der Waals surface area (Å²) in [5.41, 5.74) is 3.73. The summed E-state index contributed by atoms with van der Waals surface area (Å²) in [6.07, 6.45) is 2.06. The maximum atomic E-state index is 15.1. The summed E-state index contributed by atoms with van der Waals surface area (Å²) in [4.78, 5) is 30.7. The van der Waals surface area contributed by atoms with Crippen LogP contribution in [0.25, 0.3) is 22.2 Å². The number of anilines is 1. The van der Waals surface area contributed by atoms with Crippen LogP contribution in [0.5, 0.6) is 0 Å². The number of aromatic nitrogens is 3. The zero-order valence-corrected chi connectivity index (χ0v) is 18.8. The summed E-state index contributed by atoms with van der Waals surface area (Å²) in [5, 5.41) is 9.59. The molecule has 1 saturated heterocycles. The van der Waals surface area contributed by atoms with Gasteiger partial charge in [-0.1, -0.05) is 17.7 Å². The second-order valence-corrected chi connectivity index (χ2v) is 9.07. The molecule has 2 aromatic carbocycles. The highest BCUT2D eigenvalue weighted by molar-refractivity contribution is 6.33. The van der Waals surface area contributed by atoms with Gasteiger partial charge in [0.1, 0.15) is 11.3 Å². The van der Waals surface area contributed by atoms with Crippen LogP contribution in [0.3, 0.4) is 0 Å². The van der Waals surface area contributed by atoms with E-state index >= 15 is 4.39 Å². The van der Waals surface area contributed by atoms with E-state index in [1.54, 1.807) is 36.1 Å². The lowest BCUT2D eigenvalue weighted by Gasteiger charge is -2.35. The Morgan fingerprint density at radius 2 is 2.12 bits per heavy atom. The minimum atomic E-state index is -0.603. The van der Waals surface area contributed by atoms with Crippen LogP contribution in [0.15, 0.2) is 45.6 Å². The van der Waals surface area contributed by atoms with Crippen LogP contribution in [-0.2, 0) is 6.42 Å². The molecule has 0 radical (unpaired) electrons. The molecule has 0 saturated carbocycles. The van der Waals surface area contributed by atoms with E-state index in [9.17, 15) is 9.59 Å². The van der Waals surface area contributed by atoms with E-state index < -0.39 is 11.8 Å². The lowest BCUT2D eigenvalue weighted by Crippen LogP contribution is -2.45. The normalized spacial score (nSPS) is 18.9. The van der Waals surface area contributed by atoms with Gasteiger partial charge in [0.15, 0.2) is 11.5 Å². The highest BCUT2D eigenvalue weighted by Gasteiger charge is 2.44. The van der Waals surface area contributed by atoms with Crippen molar-refractivity contribution in [1.82, 2.24) is 20.1 Å². The number of nitrogens with zero attached hydrogens (tertiary/aromatic N) is 3. The van der Waals surface area contributed by atoms with Gasteiger partial charge in [0.25, 0.3) is 5.56 Å². The average Bonchev–Trinajstić information content (AvgIpc) is 3.33. The number of aryl methyl sites for hydroxylation is 1. The van der Waals surface area contributed by atoms with E-state index in [1.807, 2.05) is 0 Å². The standard InChI is InChI=1S/C24H19ClFN5O3/c1-11-27-18-4-2-12(7-21(18)34-11)15-9-17(26)19(10-16(15)25)28-24(33)31-14-3-5-20(31)23-13(6-14)8-22(32)29-30-23/h2,4,7-10,14,20H,3,5-6H2,1H3,(H,28,33)(H,29,32)/t14-,20+/m0/s1. The van der Waals surface area contributed by atoms with Crippen LogP contribution < -0.4 is 10.9 Å². The van der Waals surface area contributed by atoms with E-state index in [2.05, 4.69) is 20.5 Å². The molecule has 172 valence electrons. The molecule has 34 heavy (non-hydrogen) atoms. The second kappa shape index (κ2) is 7.66. The fourth-order valence-electron chi connectivity index (χ4n) is 5.07. The van der Waals surface area contributed by atoms with Gasteiger partial charge in [-0.25, -0.2) is 19.3 Å². The van der Waals surface area contributed by atoms with Gasteiger partial charge in [0.05, 0.1) is 22.4 Å². The molecule has 2 aromatic heterocycles. The predicted octanol–water partition coefficient (Wildman–Crippen LogP) is 4.97. The summed E-state index contributed by atoms with van der Waals surface area (Å²) in [6, 6.07) is 8.83. The molecule has 2 N–H and O–H groups in total. The van der Waals surface area contributed by atoms with E-state index in [-0.39, 0.29) is 23.3 Å². The van der Waals surface area contributed by atoms with Crippen LogP contribution in [0.4, 0.5) is 14.9 Å². The van der Waals surface area contributed by atoms with Crippen molar-refractivity contribution in [2.45, 2.75) is 38.3 Å². The molecule has 10 heteroatoms. The summed E-state index contributed by atoms with van der Waals surface area (Å²) in [7, 11) is 0. The Balaban J connectivity index is 1.28. The van der Waals surface area contributed by atoms with Crippen LogP contribution in [0.2, 0.25) is 5.02 Å². The number of benzene rings is 2. The summed E-state index contributed by atoms with van der Waals surface area (Å²) in [5.74, 6) is -0.0628. The fraction of sp³-hybridized carbons (Fsp3) is 0.250. The topological polar surface area (TPSA) is 104 Å².